The van der Waals surface area contributed by atoms with E-state index in [1.165, 1.54) is 0 Å². The molecule has 4 saturated heterocycles. The number of benzene rings is 7. The van der Waals surface area contributed by atoms with Crippen LogP contribution in [0.4, 0.5) is 0 Å². The van der Waals surface area contributed by atoms with Crippen molar-refractivity contribution in [2.75, 3.05) is 46.9 Å². The average molecular weight is 1470 g/mol. The number of Topliss-reactive ketones (excluding diaryl/α,β-unsaturated/α-hetero) is 1. The van der Waals surface area contributed by atoms with Crippen LogP contribution in [0, 0.1) is 11.8 Å². The Kier molecular flexibility index (Phi) is 28.5. The van der Waals surface area contributed by atoms with Crippen LogP contribution in [-0.4, -0.2) is 152 Å². The molecule has 4 heterocycles. The van der Waals surface area contributed by atoms with Gasteiger partial charge in [-0.05, 0) is 129 Å². The molecule has 0 radical (unpaired) electrons. The zero-order chi connectivity index (χ0) is 75.8. The summed E-state index contributed by atoms with van der Waals surface area (Å²) in [5.41, 5.74) is 2.86. The number of hydrogen-bond acceptors (Lipinski definition) is 14. The molecule has 11 rings (SSSR count). The van der Waals surface area contributed by atoms with E-state index >= 15 is 28.8 Å². The van der Waals surface area contributed by atoms with E-state index in [1.54, 1.807) is 23.9 Å². The molecule has 4 fully saturated rings. The molecule has 4 aliphatic heterocycles. The monoisotopic (exact) mass is 1470 g/mol. The number of nitrogens with one attached hydrogen (secondary N) is 9. The molecule has 21 nitrogen and oxygen atoms in total. The van der Waals surface area contributed by atoms with E-state index < -0.39 is 65.1 Å². The molecule has 0 spiro atoms. The van der Waals surface area contributed by atoms with Gasteiger partial charge in [-0.15, -0.1) is 0 Å². The highest BCUT2D eigenvalue weighted by molar-refractivity contribution is 6.01. The lowest BCUT2D eigenvalue weighted by Gasteiger charge is -2.38. The number of ether oxygens (including phenoxy) is 2. The maximum absolute atomic E-state index is 15.3. The Hall–Kier alpha value is -9.74. The van der Waals surface area contributed by atoms with Crippen molar-refractivity contribution < 1.29 is 47.8 Å². The summed E-state index contributed by atoms with van der Waals surface area (Å²) in [4.78, 5) is 123. The number of hydrogen-bond donors (Lipinski definition) is 9. The molecule has 0 saturated carbocycles. The predicted octanol–water partition coefficient (Wildman–Crippen LogP) is 8.39. The van der Waals surface area contributed by atoms with Crippen molar-refractivity contribution >= 4 is 47.1 Å². The van der Waals surface area contributed by atoms with Crippen LogP contribution in [0.3, 0.4) is 0 Å². The minimum absolute atomic E-state index is 0.0541. The first-order chi connectivity index (χ1) is 52.7. The van der Waals surface area contributed by atoms with Gasteiger partial charge in [-0.1, -0.05) is 220 Å². The first kappa shape index (κ1) is 79.3. The lowest BCUT2D eigenvalue weighted by Crippen LogP contribution is -2.62. The second-order valence-corrected chi connectivity index (χ2v) is 29.0. The maximum atomic E-state index is 15.3. The van der Waals surface area contributed by atoms with Crippen molar-refractivity contribution in [1.82, 2.24) is 57.7 Å². The van der Waals surface area contributed by atoms with E-state index in [-0.39, 0.29) is 92.7 Å². The third kappa shape index (κ3) is 19.0. The number of carbonyl (C=O) groups excluding carboxylic acids is 8. The Balaban J connectivity index is 0.704. The number of carbonyl (C=O) groups is 8. The van der Waals surface area contributed by atoms with Crippen molar-refractivity contribution in [2.24, 2.45) is 11.8 Å². The van der Waals surface area contributed by atoms with Crippen LogP contribution in [0.2, 0.25) is 0 Å². The molecule has 0 aliphatic carbocycles. The van der Waals surface area contributed by atoms with Crippen LogP contribution < -0.4 is 47.9 Å². The van der Waals surface area contributed by atoms with Crippen molar-refractivity contribution in [3.63, 3.8) is 0 Å². The summed E-state index contributed by atoms with van der Waals surface area (Å²) in [6, 6.07) is 59.5. The topological polar surface area (TPSA) is 270 Å². The fourth-order valence-electron chi connectivity index (χ4n) is 16.4. The molecule has 7 amide bonds. The van der Waals surface area contributed by atoms with Crippen molar-refractivity contribution in [2.45, 2.75) is 177 Å². The largest absolute Gasteiger partial charge is 0.377 e. The maximum Gasteiger partial charge on any atom is 0.255 e. The lowest BCUT2D eigenvalue weighted by molar-refractivity contribution is -0.145. The molecular formula is C87H107N11O10. The van der Waals surface area contributed by atoms with Crippen LogP contribution in [0.15, 0.2) is 206 Å². The standard InChI is InChI=1S/C87H107N11O10/c1-5-72(88-3)79(100)93-77-64(56-90-54-60-26-13-7-14-27-60)43-45-70-47-49-74(97(70)83(77)104)81(102)95-86(66-30-17-9-18-31-66,67-32-19-10-20-33-67)76(99)38-25-52-107-58-62-39-41-63(42-40-62)59-108-53-51-92-85(106)87(68-34-21-11-22-35-68,69-36-23-12-24-37-69)96-82(103)75-50-48-71-46-44-65(57-91-55-61-28-15-8-16-29-61)78(84(105)98(71)75)94-80(101)73(6-2)89-4/h7-24,26-37,39-42,64-65,70-75,77-78,88-91H,5-6,25,38,43-59H2,1-4H3,(H,92,106)(H,93,100)(H,94,101)(H,95,102)(H,96,103)/t64-,65-,70+,71+,72+,73+,74+,75?,77+,78+/m1/s1. The molecule has 0 aromatic heterocycles. The first-order valence-electron chi connectivity index (χ1n) is 38.7. The highest BCUT2D eigenvalue weighted by Gasteiger charge is 2.53. The van der Waals surface area contributed by atoms with E-state index in [0.717, 1.165) is 22.3 Å². The molecule has 10 atom stereocenters. The van der Waals surface area contributed by atoms with Crippen LogP contribution in [0.25, 0.3) is 0 Å². The molecular weight excluding hydrogens is 1360 g/mol. The summed E-state index contributed by atoms with van der Waals surface area (Å²) < 4.78 is 12.4. The second-order valence-electron chi connectivity index (χ2n) is 29.0. The quantitative estimate of drug-likeness (QED) is 0.0166. The number of fused-ring (bicyclic) bond motifs is 2. The van der Waals surface area contributed by atoms with Crippen LogP contribution in [0.5, 0.6) is 0 Å². The number of ketones is 1. The van der Waals surface area contributed by atoms with Gasteiger partial charge in [0.15, 0.2) is 11.3 Å². The van der Waals surface area contributed by atoms with Gasteiger partial charge in [-0.3, -0.25) is 38.4 Å². The van der Waals surface area contributed by atoms with E-state index in [9.17, 15) is 9.59 Å². The molecule has 1 unspecified atom stereocenters. The fourth-order valence-corrected chi connectivity index (χ4v) is 16.4. The molecule has 108 heavy (non-hydrogen) atoms. The highest BCUT2D eigenvalue weighted by atomic mass is 16.5. The third-order valence-electron chi connectivity index (χ3n) is 22.2. The van der Waals surface area contributed by atoms with Gasteiger partial charge in [0.05, 0.1) is 31.9 Å². The lowest BCUT2D eigenvalue weighted by atomic mass is 9.77. The van der Waals surface area contributed by atoms with Crippen molar-refractivity contribution in [3.8, 4) is 0 Å². The molecule has 7 aromatic rings. The zero-order valence-corrected chi connectivity index (χ0v) is 62.7. The van der Waals surface area contributed by atoms with E-state index in [1.807, 2.05) is 220 Å². The Bertz CT molecular complexity index is 3720. The van der Waals surface area contributed by atoms with Gasteiger partial charge in [-0.25, -0.2) is 0 Å². The van der Waals surface area contributed by atoms with Crippen LogP contribution in [-0.2, 0) is 85.2 Å². The summed E-state index contributed by atoms with van der Waals surface area (Å²) in [7, 11) is 3.45. The first-order valence-corrected chi connectivity index (χ1v) is 38.7. The summed E-state index contributed by atoms with van der Waals surface area (Å²) in [6.45, 7) is 6.96. The molecule has 4 aliphatic rings. The molecule has 7 aromatic carbocycles. The van der Waals surface area contributed by atoms with Gasteiger partial charge in [-0.2, -0.15) is 0 Å². The van der Waals surface area contributed by atoms with Gasteiger partial charge < -0.3 is 67.1 Å². The minimum atomic E-state index is -1.73. The Morgan fingerprint density at radius 3 is 1.19 bits per heavy atom. The van der Waals surface area contributed by atoms with E-state index in [2.05, 4.69) is 47.9 Å². The highest BCUT2D eigenvalue weighted by Crippen LogP contribution is 2.40. The SMILES string of the molecule is CC[C@H](NC)C(=O)N[C@@H]1C(=O)N2C(C(=O)NC(C(=O)NCCOCc3ccc(COCCCC(=O)C(NC(=O)[C@@H]4CC[C@@H]5CC[C@H](CNCc6ccccc6)[C@H](NC(=O)[C@H](CC)NC)C(=O)N54)(c4ccccc4)c4ccccc4)cc3)(c3ccccc3)c3ccccc3)CC[C@@H]2CC[C@@H]1CNCc1ccccc1. The van der Waals surface area contributed by atoms with Crippen molar-refractivity contribution in [3.05, 3.63) is 251 Å². The zero-order valence-electron chi connectivity index (χ0n) is 62.7. The predicted molar refractivity (Wildman–Crippen MR) is 416 cm³/mol. The number of likely N-dealkylation sites (N-methyl/N-ethyl adjacent to an activating group) is 2. The van der Waals surface area contributed by atoms with E-state index in [0.29, 0.717) is 119 Å². The second kappa shape index (κ2) is 38.9. The number of rotatable bonds is 37. The Labute approximate surface area is 635 Å². The number of amides is 7. The molecule has 0 bridgehead atoms. The normalized spacial score (nSPS) is 20.6. The summed E-state index contributed by atoms with van der Waals surface area (Å²) in [6.07, 6.45) is 6.00. The molecule has 21 heteroatoms. The average Bonchev–Trinajstić information content (AvgIpc) is 1.14. The smallest absolute Gasteiger partial charge is 0.255 e. The summed E-state index contributed by atoms with van der Waals surface area (Å²) in [5.74, 6) is -3.30. The minimum Gasteiger partial charge on any atom is -0.377 e. The van der Waals surface area contributed by atoms with Gasteiger partial charge in [0.25, 0.3) is 5.91 Å². The fraction of sp³-hybridized carbons (Fsp3) is 0.425. The Morgan fingerprint density at radius 2 is 0.806 bits per heavy atom. The van der Waals surface area contributed by atoms with Gasteiger partial charge in [0.1, 0.15) is 29.7 Å². The molecule has 9 N–H and O–H groups in total. The molecule has 570 valence electrons. The number of nitrogens with zero attached hydrogens (tertiary/aromatic N) is 2. The third-order valence-corrected chi connectivity index (χ3v) is 22.2. The van der Waals surface area contributed by atoms with Crippen LogP contribution in [0.1, 0.15) is 135 Å². The van der Waals surface area contributed by atoms with Gasteiger partial charge >= 0.3 is 0 Å². The van der Waals surface area contributed by atoms with Crippen molar-refractivity contribution in [1.29, 1.82) is 0 Å². The van der Waals surface area contributed by atoms with E-state index in [4.69, 9.17) is 9.47 Å². The van der Waals surface area contributed by atoms with Crippen LogP contribution >= 0.6 is 0 Å². The van der Waals surface area contributed by atoms with Gasteiger partial charge in [0.2, 0.25) is 35.4 Å². The summed E-state index contributed by atoms with van der Waals surface area (Å²) >= 11 is 0. The van der Waals surface area contributed by atoms with Gasteiger partial charge in [0, 0.05) is 69.7 Å². The Morgan fingerprint density at radius 1 is 0.444 bits per heavy atom. The summed E-state index contributed by atoms with van der Waals surface area (Å²) in [5, 5.41) is 29.1.